The van der Waals surface area contributed by atoms with E-state index in [0.29, 0.717) is 25.1 Å². The minimum Gasteiger partial charge on any atom is -0.435 e. The lowest BCUT2D eigenvalue weighted by Crippen LogP contribution is -2.43. The maximum absolute atomic E-state index is 12.7. The molecule has 27 heavy (non-hydrogen) atoms. The van der Waals surface area contributed by atoms with Crippen LogP contribution in [0, 0.1) is 0 Å². The SMILES string of the molecule is COCCCNC(=O)CN1C(=O)NC(C)(c2ccc(OC(F)F)cc2)C1=O. The molecule has 1 aliphatic rings. The number of carbonyl (C=O) groups is 3. The van der Waals surface area contributed by atoms with Crippen LogP contribution in [0.25, 0.3) is 0 Å². The van der Waals surface area contributed by atoms with E-state index < -0.39 is 36.5 Å². The van der Waals surface area contributed by atoms with Crippen LogP contribution in [0.4, 0.5) is 13.6 Å². The second-order valence-corrected chi connectivity index (χ2v) is 6.05. The molecule has 1 atom stereocenters. The molecule has 4 amide bonds. The predicted molar refractivity (Wildman–Crippen MR) is 90.2 cm³/mol. The van der Waals surface area contributed by atoms with Crippen LogP contribution in [0.2, 0.25) is 0 Å². The Morgan fingerprint density at radius 1 is 1.30 bits per heavy atom. The van der Waals surface area contributed by atoms with Crippen molar-refractivity contribution in [3.05, 3.63) is 29.8 Å². The first kappa shape index (κ1) is 20.6. The van der Waals surface area contributed by atoms with Crippen molar-refractivity contribution in [1.82, 2.24) is 15.5 Å². The molecule has 148 valence electrons. The molecule has 1 heterocycles. The minimum atomic E-state index is -2.96. The predicted octanol–water partition coefficient (Wildman–Crippen LogP) is 1.21. The highest BCUT2D eigenvalue weighted by molar-refractivity contribution is 6.09. The summed E-state index contributed by atoms with van der Waals surface area (Å²) in [6.45, 7) is -1.06. The van der Waals surface area contributed by atoms with Gasteiger partial charge in [0.15, 0.2) is 0 Å². The third-order valence-electron chi connectivity index (χ3n) is 4.08. The first-order chi connectivity index (χ1) is 12.8. The zero-order valence-electron chi connectivity index (χ0n) is 15.0. The summed E-state index contributed by atoms with van der Waals surface area (Å²) >= 11 is 0. The lowest BCUT2D eigenvalue weighted by Gasteiger charge is -2.22. The number of nitrogens with one attached hydrogen (secondary N) is 2. The molecular formula is C17H21F2N3O5. The van der Waals surface area contributed by atoms with Crippen LogP contribution in [0.1, 0.15) is 18.9 Å². The molecule has 0 saturated carbocycles. The number of urea groups is 1. The van der Waals surface area contributed by atoms with Crippen LogP contribution in [-0.4, -0.2) is 56.2 Å². The number of ether oxygens (including phenoxy) is 2. The average Bonchev–Trinajstić information content (AvgIpc) is 2.83. The summed E-state index contributed by atoms with van der Waals surface area (Å²) < 4.78 is 33.6. The van der Waals surface area contributed by atoms with Crippen LogP contribution < -0.4 is 15.4 Å². The number of alkyl halides is 2. The molecule has 1 aliphatic heterocycles. The summed E-state index contributed by atoms with van der Waals surface area (Å²) in [5.74, 6) is -1.15. The number of benzene rings is 1. The normalized spacial score (nSPS) is 19.4. The number of carbonyl (C=O) groups excluding carboxylic acids is 3. The van der Waals surface area contributed by atoms with Gasteiger partial charge in [0.25, 0.3) is 5.91 Å². The van der Waals surface area contributed by atoms with E-state index in [1.807, 2.05) is 0 Å². The average molecular weight is 385 g/mol. The number of amides is 4. The molecule has 0 radical (unpaired) electrons. The topological polar surface area (TPSA) is 97.0 Å². The third kappa shape index (κ3) is 4.91. The van der Waals surface area contributed by atoms with Crippen molar-refractivity contribution in [3.8, 4) is 5.75 Å². The van der Waals surface area contributed by atoms with Crippen molar-refractivity contribution in [2.24, 2.45) is 0 Å². The number of rotatable bonds is 9. The van der Waals surface area contributed by atoms with Gasteiger partial charge in [-0.25, -0.2) is 4.79 Å². The van der Waals surface area contributed by atoms with Gasteiger partial charge >= 0.3 is 12.6 Å². The van der Waals surface area contributed by atoms with E-state index in [1.54, 1.807) is 7.11 Å². The Morgan fingerprint density at radius 3 is 2.56 bits per heavy atom. The van der Waals surface area contributed by atoms with Gasteiger partial charge < -0.3 is 20.1 Å². The van der Waals surface area contributed by atoms with Gasteiger partial charge in [0, 0.05) is 20.3 Å². The first-order valence-electron chi connectivity index (χ1n) is 8.23. The second-order valence-electron chi connectivity index (χ2n) is 6.05. The van der Waals surface area contributed by atoms with Gasteiger partial charge in [-0.05, 0) is 31.0 Å². The Labute approximate surface area is 154 Å². The summed E-state index contributed by atoms with van der Waals surface area (Å²) in [5.41, 5.74) is -1.03. The Kier molecular flexibility index (Phi) is 6.67. The van der Waals surface area contributed by atoms with Crippen LogP contribution in [0.3, 0.4) is 0 Å². The fraction of sp³-hybridized carbons (Fsp3) is 0.471. The van der Waals surface area contributed by atoms with E-state index in [-0.39, 0.29) is 5.75 Å². The molecule has 2 N–H and O–H groups in total. The number of methoxy groups -OCH3 is 1. The number of imide groups is 1. The number of halogens is 2. The molecule has 0 spiro atoms. The molecule has 1 unspecified atom stereocenters. The van der Waals surface area contributed by atoms with Gasteiger partial charge in [-0.2, -0.15) is 8.78 Å². The fourth-order valence-corrected chi connectivity index (χ4v) is 2.65. The van der Waals surface area contributed by atoms with Gasteiger partial charge in [-0.3, -0.25) is 14.5 Å². The van der Waals surface area contributed by atoms with Gasteiger partial charge in [0.2, 0.25) is 5.91 Å². The van der Waals surface area contributed by atoms with E-state index >= 15 is 0 Å². The number of hydrogen-bond donors (Lipinski definition) is 2. The van der Waals surface area contributed by atoms with E-state index in [4.69, 9.17) is 4.74 Å². The van der Waals surface area contributed by atoms with Crippen molar-refractivity contribution >= 4 is 17.8 Å². The lowest BCUT2D eigenvalue weighted by atomic mass is 9.92. The van der Waals surface area contributed by atoms with Gasteiger partial charge in [-0.1, -0.05) is 12.1 Å². The Hall–Kier alpha value is -2.75. The van der Waals surface area contributed by atoms with Crippen LogP contribution >= 0.6 is 0 Å². The van der Waals surface area contributed by atoms with Crippen molar-refractivity contribution in [1.29, 1.82) is 0 Å². The molecule has 8 nitrogen and oxygen atoms in total. The van der Waals surface area contributed by atoms with E-state index in [0.717, 1.165) is 4.90 Å². The van der Waals surface area contributed by atoms with Crippen molar-refractivity contribution in [2.75, 3.05) is 26.8 Å². The molecule has 1 aromatic rings. The number of nitrogens with zero attached hydrogens (tertiary/aromatic N) is 1. The smallest absolute Gasteiger partial charge is 0.387 e. The standard InChI is InChI=1S/C17H21F2N3O5/c1-17(11-4-6-12(7-5-11)27-15(18)19)14(24)22(16(25)21-17)10-13(23)20-8-3-9-26-2/h4-7,15H,3,8-10H2,1-2H3,(H,20,23)(H,21,25). The maximum Gasteiger partial charge on any atom is 0.387 e. The zero-order chi connectivity index (χ0) is 20.0. The molecule has 0 aromatic heterocycles. The summed E-state index contributed by atoms with van der Waals surface area (Å²) in [6, 6.07) is 4.66. The van der Waals surface area contributed by atoms with Crippen LogP contribution in [0.5, 0.6) is 5.75 Å². The largest absolute Gasteiger partial charge is 0.435 e. The molecule has 0 aliphatic carbocycles. The van der Waals surface area contributed by atoms with Crippen LogP contribution in [-0.2, 0) is 19.9 Å². The van der Waals surface area contributed by atoms with Gasteiger partial charge in [0.1, 0.15) is 17.8 Å². The van der Waals surface area contributed by atoms with E-state index in [2.05, 4.69) is 15.4 Å². The molecule has 1 fully saturated rings. The number of hydrogen-bond acceptors (Lipinski definition) is 5. The second kappa shape index (κ2) is 8.76. The fourth-order valence-electron chi connectivity index (χ4n) is 2.65. The first-order valence-corrected chi connectivity index (χ1v) is 8.23. The molecule has 2 rings (SSSR count). The minimum absolute atomic E-state index is 0.0681. The van der Waals surface area contributed by atoms with E-state index in [9.17, 15) is 23.2 Å². The Morgan fingerprint density at radius 2 is 1.96 bits per heavy atom. The van der Waals surface area contributed by atoms with Crippen molar-refractivity contribution in [3.63, 3.8) is 0 Å². The molecule has 0 bridgehead atoms. The van der Waals surface area contributed by atoms with Crippen molar-refractivity contribution in [2.45, 2.75) is 25.5 Å². The quantitative estimate of drug-likeness (QED) is 0.492. The highest BCUT2D eigenvalue weighted by atomic mass is 19.3. The molecular weight excluding hydrogens is 364 g/mol. The monoisotopic (exact) mass is 385 g/mol. The summed E-state index contributed by atoms with van der Waals surface area (Å²) in [7, 11) is 1.54. The van der Waals surface area contributed by atoms with Gasteiger partial charge in [-0.15, -0.1) is 0 Å². The summed E-state index contributed by atoms with van der Waals surface area (Å²) in [4.78, 5) is 37.6. The maximum atomic E-state index is 12.7. The van der Waals surface area contributed by atoms with Crippen molar-refractivity contribution < 1.29 is 32.6 Å². The molecule has 10 heteroatoms. The van der Waals surface area contributed by atoms with E-state index in [1.165, 1.54) is 31.2 Å². The zero-order valence-corrected chi connectivity index (χ0v) is 15.0. The molecule has 1 aromatic carbocycles. The lowest BCUT2D eigenvalue weighted by molar-refractivity contribution is -0.134. The van der Waals surface area contributed by atoms with Crippen LogP contribution in [0.15, 0.2) is 24.3 Å². The Bertz CT molecular complexity index is 698. The third-order valence-corrected chi connectivity index (χ3v) is 4.08. The summed E-state index contributed by atoms with van der Waals surface area (Å²) in [6.07, 6.45) is 0.604. The van der Waals surface area contributed by atoms with Gasteiger partial charge in [0.05, 0.1) is 0 Å². The highest BCUT2D eigenvalue weighted by Gasteiger charge is 2.49. The summed E-state index contributed by atoms with van der Waals surface area (Å²) in [5, 5.41) is 5.13. The Balaban J connectivity index is 2.04. The molecule has 1 saturated heterocycles. The highest BCUT2D eigenvalue weighted by Crippen LogP contribution is 2.30.